The molecule has 8 heteroatoms. The fourth-order valence-electron chi connectivity index (χ4n) is 6.10. The minimum Gasteiger partial charge on any atom is -0.371 e. The number of nitrogens with zero attached hydrogens (tertiary/aromatic N) is 6. The molecule has 1 aromatic heterocycles. The fourth-order valence-corrected chi connectivity index (χ4v) is 6.10. The van der Waals surface area contributed by atoms with E-state index in [0.29, 0.717) is 6.61 Å². The van der Waals surface area contributed by atoms with E-state index in [9.17, 15) is 0 Å². The van der Waals surface area contributed by atoms with Gasteiger partial charge in [0.15, 0.2) is 5.82 Å². The van der Waals surface area contributed by atoms with Gasteiger partial charge in [0, 0.05) is 69.2 Å². The largest absolute Gasteiger partial charge is 0.371 e. The molecule has 0 radical (unpaired) electrons. The number of likely N-dealkylation sites (N-methyl/N-ethyl adjacent to an activating group) is 1. The average molecular weight is 514 g/mol. The highest BCUT2D eigenvalue weighted by molar-refractivity contribution is 5.65. The summed E-state index contributed by atoms with van der Waals surface area (Å²) in [6.45, 7) is 9.95. The Morgan fingerprint density at radius 3 is 2.42 bits per heavy atom. The molecule has 0 saturated carbocycles. The molecule has 3 saturated heterocycles. The zero-order valence-corrected chi connectivity index (χ0v) is 22.6. The number of hydrogen-bond acceptors (Lipinski definition) is 8. The van der Waals surface area contributed by atoms with E-state index < -0.39 is 0 Å². The van der Waals surface area contributed by atoms with Gasteiger partial charge in [-0.3, -0.25) is 9.74 Å². The smallest absolute Gasteiger partial charge is 0.158 e. The van der Waals surface area contributed by atoms with Gasteiger partial charge in [0.2, 0.25) is 0 Å². The molecule has 3 aliphatic rings. The number of rotatable bonds is 6. The predicted molar refractivity (Wildman–Crippen MR) is 153 cm³/mol. The van der Waals surface area contributed by atoms with Gasteiger partial charge in [0.05, 0.1) is 12.6 Å². The van der Waals surface area contributed by atoms with Crippen molar-refractivity contribution in [1.29, 1.82) is 0 Å². The second-order valence-electron chi connectivity index (χ2n) is 10.8. The molecule has 3 fully saturated rings. The Bertz CT molecular complexity index is 1210. The van der Waals surface area contributed by atoms with Crippen molar-refractivity contribution in [1.82, 2.24) is 19.8 Å². The third-order valence-electron chi connectivity index (χ3n) is 8.30. The van der Waals surface area contributed by atoms with Crippen molar-refractivity contribution in [2.75, 3.05) is 68.2 Å². The number of piperazine rings is 1. The van der Waals surface area contributed by atoms with Crippen LogP contribution in [0.25, 0.3) is 0 Å². The van der Waals surface area contributed by atoms with Gasteiger partial charge >= 0.3 is 0 Å². The van der Waals surface area contributed by atoms with Crippen molar-refractivity contribution in [3.05, 3.63) is 72.1 Å². The number of anilines is 4. The molecule has 38 heavy (non-hydrogen) atoms. The molecular formula is C30H39N7O. The molecule has 0 amide bonds. The van der Waals surface area contributed by atoms with E-state index in [1.54, 1.807) is 6.33 Å². The molecule has 3 aromatic rings. The molecule has 200 valence electrons. The quantitative estimate of drug-likeness (QED) is 0.512. The van der Waals surface area contributed by atoms with Crippen molar-refractivity contribution < 1.29 is 4.84 Å². The van der Waals surface area contributed by atoms with E-state index in [1.807, 2.05) is 17.2 Å². The summed E-state index contributed by atoms with van der Waals surface area (Å²) in [6, 6.07) is 20.0. The molecule has 2 aromatic carbocycles. The van der Waals surface area contributed by atoms with Crippen LogP contribution in [0.1, 0.15) is 36.4 Å². The first-order valence-electron chi connectivity index (χ1n) is 14.0. The summed E-state index contributed by atoms with van der Waals surface area (Å²) >= 11 is 0. The van der Waals surface area contributed by atoms with E-state index in [-0.39, 0.29) is 6.04 Å². The zero-order valence-electron chi connectivity index (χ0n) is 22.6. The second kappa shape index (κ2) is 11.3. The molecule has 6 rings (SSSR count). The maximum Gasteiger partial charge on any atom is 0.158 e. The summed E-state index contributed by atoms with van der Waals surface area (Å²) in [4.78, 5) is 22.7. The highest BCUT2D eigenvalue weighted by atomic mass is 16.7. The van der Waals surface area contributed by atoms with Crippen LogP contribution in [0.4, 0.5) is 23.0 Å². The molecular weight excluding hydrogens is 474 g/mol. The number of aryl methyl sites for hydroxylation is 1. The monoisotopic (exact) mass is 513 g/mol. The van der Waals surface area contributed by atoms with Crippen LogP contribution in [0.5, 0.6) is 0 Å². The maximum absolute atomic E-state index is 5.97. The molecule has 8 nitrogen and oxygen atoms in total. The van der Waals surface area contributed by atoms with Gasteiger partial charge in [0.1, 0.15) is 12.1 Å². The topological polar surface area (TPSA) is 60.0 Å². The van der Waals surface area contributed by atoms with E-state index >= 15 is 0 Å². The molecule has 0 unspecified atom stereocenters. The van der Waals surface area contributed by atoms with Crippen LogP contribution in [0.15, 0.2) is 60.9 Å². The van der Waals surface area contributed by atoms with Crippen molar-refractivity contribution in [2.24, 2.45) is 0 Å². The van der Waals surface area contributed by atoms with Crippen LogP contribution in [0.2, 0.25) is 0 Å². The van der Waals surface area contributed by atoms with Crippen molar-refractivity contribution in [2.45, 2.75) is 38.3 Å². The Morgan fingerprint density at radius 1 is 0.868 bits per heavy atom. The average Bonchev–Trinajstić information content (AvgIpc) is 3.45. The third-order valence-corrected chi connectivity index (χ3v) is 8.30. The van der Waals surface area contributed by atoms with Crippen LogP contribution in [-0.2, 0) is 4.84 Å². The molecule has 0 spiro atoms. The standard InChI is InChI=1S/C30H39N7O/c1-23-20-25(8-9-27(23)36-13-10-26(11-14-36)35-17-15-34(2)16-18-35)33-29-21-30(32-22-31-29)37-28(12-19-38-37)24-6-4-3-5-7-24/h3-9,20-22,26,28H,10-19H2,1-2H3,(H,31,32,33)/t28-/m1/s1. The normalized spacial score (nSPS) is 21.7. The number of hydrogen-bond donors (Lipinski definition) is 1. The number of benzene rings is 2. The zero-order chi connectivity index (χ0) is 25.9. The maximum atomic E-state index is 5.97. The van der Waals surface area contributed by atoms with Gasteiger partial charge in [-0.25, -0.2) is 15.0 Å². The molecule has 3 aliphatic heterocycles. The Kier molecular flexibility index (Phi) is 7.44. The lowest BCUT2D eigenvalue weighted by Gasteiger charge is -2.43. The molecule has 0 bridgehead atoms. The third kappa shape index (κ3) is 5.48. The summed E-state index contributed by atoms with van der Waals surface area (Å²) in [7, 11) is 2.23. The molecule has 0 aliphatic carbocycles. The fraction of sp³-hybridized carbons (Fsp3) is 0.467. The van der Waals surface area contributed by atoms with Gasteiger partial charge in [-0.05, 0) is 56.1 Å². The molecule has 1 N–H and O–H groups in total. The van der Waals surface area contributed by atoms with E-state index in [2.05, 4.69) is 86.4 Å². The van der Waals surface area contributed by atoms with Gasteiger partial charge in [-0.2, -0.15) is 0 Å². The van der Waals surface area contributed by atoms with Crippen LogP contribution in [0.3, 0.4) is 0 Å². The first kappa shape index (κ1) is 25.1. The van der Waals surface area contributed by atoms with Gasteiger partial charge in [-0.1, -0.05) is 30.3 Å². The minimum absolute atomic E-state index is 0.154. The molecule has 1 atom stereocenters. The highest BCUT2D eigenvalue weighted by Gasteiger charge is 2.29. The minimum atomic E-state index is 0.154. The summed E-state index contributed by atoms with van der Waals surface area (Å²) in [5.74, 6) is 1.53. The summed E-state index contributed by atoms with van der Waals surface area (Å²) < 4.78 is 0. The van der Waals surface area contributed by atoms with Crippen molar-refractivity contribution in [3.63, 3.8) is 0 Å². The van der Waals surface area contributed by atoms with Crippen LogP contribution in [0, 0.1) is 6.92 Å². The highest BCUT2D eigenvalue weighted by Crippen LogP contribution is 2.35. The van der Waals surface area contributed by atoms with E-state index in [1.165, 1.54) is 55.8 Å². The van der Waals surface area contributed by atoms with E-state index in [4.69, 9.17) is 4.84 Å². The second-order valence-corrected chi connectivity index (χ2v) is 10.8. The van der Waals surface area contributed by atoms with Gasteiger partial charge < -0.3 is 15.1 Å². The Balaban J connectivity index is 1.09. The van der Waals surface area contributed by atoms with Crippen molar-refractivity contribution >= 4 is 23.0 Å². The number of hydroxylamine groups is 1. The summed E-state index contributed by atoms with van der Waals surface area (Å²) in [5, 5.41) is 5.40. The SMILES string of the molecule is Cc1cc(Nc2cc(N3OCC[C@@H]3c3ccccc3)ncn2)ccc1N1CCC(N2CCN(C)CC2)CC1. The van der Waals surface area contributed by atoms with Crippen LogP contribution < -0.4 is 15.3 Å². The Morgan fingerprint density at radius 2 is 1.66 bits per heavy atom. The Hall–Kier alpha value is -3.20. The predicted octanol–water partition coefficient (Wildman–Crippen LogP) is 4.63. The number of nitrogens with one attached hydrogen (secondary N) is 1. The lowest BCUT2D eigenvalue weighted by Crippen LogP contribution is -2.52. The van der Waals surface area contributed by atoms with Gasteiger partial charge in [-0.15, -0.1) is 0 Å². The van der Waals surface area contributed by atoms with E-state index in [0.717, 1.165) is 42.9 Å². The number of piperidine rings is 1. The summed E-state index contributed by atoms with van der Waals surface area (Å²) in [5.41, 5.74) is 4.89. The first-order valence-corrected chi connectivity index (χ1v) is 14.0. The van der Waals surface area contributed by atoms with Crippen molar-refractivity contribution in [3.8, 4) is 0 Å². The lowest BCUT2D eigenvalue weighted by molar-refractivity contribution is 0.0982. The van der Waals surface area contributed by atoms with Gasteiger partial charge in [0.25, 0.3) is 0 Å². The molecule has 4 heterocycles. The summed E-state index contributed by atoms with van der Waals surface area (Å²) in [6.07, 6.45) is 5.03. The Labute approximate surface area is 226 Å². The number of aromatic nitrogens is 2. The van der Waals surface area contributed by atoms with Crippen LogP contribution in [-0.4, -0.2) is 78.7 Å². The first-order chi connectivity index (χ1) is 18.6. The lowest BCUT2D eigenvalue weighted by atomic mass is 10.0. The van der Waals surface area contributed by atoms with Crippen LogP contribution >= 0.6 is 0 Å².